The molecule has 4 aromatic carbocycles. The van der Waals surface area contributed by atoms with Crippen molar-refractivity contribution in [3.8, 4) is 11.5 Å². The molecule has 0 unspecified atom stereocenters. The van der Waals surface area contributed by atoms with E-state index >= 15 is 0 Å². The Morgan fingerprint density at radius 3 is 1.86 bits per heavy atom. The summed E-state index contributed by atoms with van der Waals surface area (Å²) in [6.07, 6.45) is -4.82. The molecular weight excluding hydrogens is 745 g/mol. The van der Waals surface area contributed by atoms with Crippen LogP contribution in [-0.4, -0.2) is 87.3 Å². The molecule has 0 bridgehead atoms. The van der Waals surface area contributed by atoms with Crippen LogP contribution in [0.5, 0.6) is 11.5 Å². The van der Waals surface area contributed by atoms with E-state index in [0.717, 1.165) is 21.6 Å². The Balaban J connectivity index is 1.40. The zero-order valence-corrected chi connectivity index (χ0v) is 34.7. The first-order valence-corrected chi connectivity index (χ1v) is 21.9. The van der Waals surface area contributed by atoms with Crippen molar-refractivity contribution in [1.29, 1.82) is 0 Å². The van der Waals surface area contributed by atoms with E-state index in [-0.39, 0.29) is 18.1 Å². The summed E-state index contributed by atoms with van der Waals surface area (Å²) in [4.78, 5) is 41.8. The quantitative estimate of drug-likeness (QED) is 0.0825. The number of benzene rings is 4. The zero-order valence-electron chi connectivity index (χ0n) is 33.7. The molecule has 2 fully saturated rings. The summed E-state index contributed by atoms with van der Waals surface area (Å²) in [5, 5.41) is 14.0. The van der Waals surface area contributed by atoms with Crippen molar-refractivity contribution < 1.29 is 47.6 Å². The fourth-order valence-corrected chi connectivity index (χ4v) is 8.62. The lowest BCUT2D eigenvalue weighted by molar-refractivity contribution is -0.191. The van der Waals surface area contributed by atoms with Gasteiger partial charge in [-0.05, 0) is 78.1 Å². The number of hydrogen-bond donors (Lipinski definition) is 2. The van der Waals surface area contributed by atoms with Gasteiger partial charge in [0.1, 0.15) is 35.5 Å². The normalized spacial score (nSPS) is 22.9. The van der Waals surface area contributed by atoms with Gasteiger partial charge in [0.25, 0.3) is 5.91 Å². The monoisotopic (exact) mass is 796 g/mol. The van der Waals surface area contributed by atoms with E-state index in [2.05, 4.69) is 5.32 Å². The molecule has 0 spiro atoms. The number of ether oxygens (including phenoxy) is 5. The highest BCUT2D eigenvalue weighted by atomic mass is 28.4. The maximum Gasteiger partial charge on any atom is 0.338 e. The lowest BCUT2D eigenvalue weighted by Gasteiger charge is -2.50. The summed E-state index contributed by atoms with van der Waals surface area (Å²) in [5.41, 5.74) is -0.386. The zero-order chi connectivity index (χ0) is 41.2. The lowest BCUT2D eigenvalue weighted by Crippen LogP contribution is -2.73. The molecule has 2 aliphatic heterocycles. The van der Waals surface area contributed by atoms with Crippen LogP contribution in [0.15, 0.2) is 109 Å². The van der Waals surface area contributed by atoms with Crippen LogP contribution in [0.3, 0.4) is 0 Å². The molecule has 0 aliphatic carbocycles. The highest BCUT2D eigenvalue weighted by molar-refractivity contribution is 6.74. The van der Waals surface area contributed by atoms with Crippen LogP contribution in [0, 0.1) is 0 Å². The van der Waals surface area contributed by atoms with Crippen LogP contribution in [0.2, 0.25) is 18.1 Å². The minimum Gasteiger partial charge on any atom is -0.497 e. The van der Waals surface area contributed by atoms with Crippen molar-refractivity contribution in [2.24, 2.45) is 0 Å². The molecular formula is C44H52N2O10Si. The molecule has 3 amide bonds. The number of urea groups is 1. The van der Waals surface area contributed by atoms with Crippen molar-refractivity contribution in [2.75, 3.05) is 20.8 Å². The minimum atomic E-state index is -2.67. The van der Waals surface area contributed by atoms with Crippen molar-refractivity contribution in [2.45, 2.75) is 88.1 Å². The fraction of sp³-hybridized carbons (Fsp3) is 0.386. The number of nitrogens with zero attached hydrogens (tertiary/aromatic N) is 1. The Kier molecular flexibility index (Phi) is 12.0. The van der Waals surface area contributed by atoms with Crippen LogP contribution >= 0.6 is 0 Å². The number of aliphatic hydroxyl groups is 1. The van der Waals surface area contributed by atoms with Gasteiger partial charge >= 0.3 is 12.0 Å². The Hall–Kier alpha value is -5.05. The summed E-state index contributed by atoms with van der Waals surface area (Å²) in [7, 11) is 0.525. The summed E-state index contributed by atoms with van der Waals surface area (Å²) in [5.74, 6) is -0.0320. The van der Waals surface area contributed by atoms with Crippen molar-refractivity contribution in [3.05, 3.63) is 131 Å². The largest absolute Gasteiger partial charge is 0.497 e. The topological polar surface area (TPSA) is 142 Å². The minimum absolute atomic E-state index is 0.0369. The maximum absolute atomic E-state index is 13.6. The second-order valence-electron chi connectivity index (χ2n) is 16.0. The Morgan fingerprint density at radius 2 is 1.35 bits per heavy atom. The van der Waals surface area contributed by atoms with Crippen molar-refractivity contribution in [3.63, 3.8) is 0 Å². The smallest absolute Gasteiger partial charge is 0.338 e. The van der Waals surface area contributed by atoms with E-state index < -0.39 is 62.1 Å². The number of nitrogens with one attached hydrogen (secondary N) is 1. The number of rotatable bonds is 13. The standard InChI is InChI=1S/C44H52N2O10Si/c1-42(2,3)57(7,8)56-43(4)39(48)45-41(50)46(40(43)49)37-27-35(55-38(47)29-15-11-9-12-16-29)36(54-37)28-53-44(30-17-13-10-14-18-30,31-19-23-33(51-5)24-20-31)32-21-25-34(52-6)26-22-32/h9-26,35-37,40,49H,27-28H2,1-8H3,(H,45,48,50)/t35-,36+,37+,40-,43-/m0/s1. The summed E-state index contributed by atoms with van der Waals surface area (Å²) < 4.78 is 37.4. The molecule has 5 atom stereocenters. The van der Waals surface area contributed by atoms with E-state index in [1.165, 1.54) is 6.92 Å². The number of methoxy groups -OCH3 is 2. The Bertz CT molecular complexity index is 1970. The first-order chi connectivity index (χ1) is 27.0. The van der Waals surface area contributed by atoms with E-state index in [4.69, 9.17) is 28.1 Å². The molecule has 0 saturated carbocycles. The molecule has 302 valence electrons. The number of amides is 3. The van der Waals surface area contributed by atoms with E-state index in [0.29, 0.717) is 17.1 Å². The summed E-state index contributed by atoms with van der Waals surface area (Å²) in [6, 6.07) is 32.5. The van der Waals surface area contributed by atoms with Gasteiger partial charge in [0.05, 0.1) is 26.4 Å². The molecule has 2 heterocycles. The highest BCUT2D eigenvalue weighted by Crippen LogP contribution is 2.44. The average Bonchev–Trinajstić information content (AvgIpc) is 3.59. The van der Waals surface area contributed by atoms with Crippen LogP contribution in [-0.2, 0) is 29.0 Å². The third-order valence-corrected chi connectivity index (χ3v) is 15.9. The molecule has 6 rings (SSSR count). The van der Waals surface area contributed by atoms with Gasteiger partial charge in [0.2, 0.25) is 0 Å². The summed E-state index contributed by atoms with van der Waals surface area (Å²) in [6.45, 7) is 11.3. The lowest BCUT2D eigenvalue weighted by atomic mass is 9.80. The van der Waals surface area contributed by atoms with E-state index in [9.17, 15) is 19.5 Å². The first-order valence-electron chi connectivity index (χ1n) is 19.0. The van der Waals surface area contributed by atoms with Crippen LogP contribution in [0.25, 0.3) is 0 Å². The predicted molar refractivity (Wildman–Crippen MR) is 215 cm³/mol. The van der Waals surface area contributed by atoms with Gasteiger partial charge in [0, 0.05) is 6.42 Å². The highest BCUT2D eigenvalue weighted by Gasteiger charge is 2.59. The maximum atomic E-state index is 13.6. The SMILES string of the molecule is COc1ccc(C(OC[C@H]2O[C@@H](N3C(=O)NC(=O)[C@](C)(O[Si](C)(C)C(C)(C)C)[C@@H]3O)C[C@@H]2OC(=O)c2ccccc2)(c2ccccc2)c2ccc(OC)cc2)cc1. The molecule has 0 aromatic heterocycles. The van der Waals surface area contributed by atoms with Gasteiger partial charge in [-0.2, -0.15) is 0 Å². The Morgan fingerprint density at radius 1 is 0.842 bits per heavy atom. The predicted octanol–water partition coefficient (Wildman–Crippen LogP) is 7.00. The van der Waals surface area contributed by atoms with E-state index in [1.807, 2.05) is 113 Å². The second-order valence-corrected chi connectivity index (χ2v) is 20.7. The van der Waals surface area contributed by atoms with Crippen molar-refractivity contribution in [1.82, 2.24) is 10.2 Å². The van der Waals surface area contributed by atoms with Gasteiger partial charge in [-0.15, -0.1) is 0 Å². The first kappa shape index (κ1) is 41.6. The molecule has 13 heteroatoms. The number of imide groups is 1. The molecule has 2 saturated heterocycles. The van der Waals surface area contributed by atoms with Gasteiger partial charge in [-0.3, -0.25) is 15.0 Å². The number of aliphatic hydroxyl groups excluding tert-OH is 1. The van der Waals surface area contributed by atoms with Gasteiger partial charge in [0.15, 0.2) is 20.1 Å². The van der Waals surface area contributed by atoms with Gasteiger partial charge in [-0.25, -0.2) is 9.59 Å². The average molecular weight is 797 g/mol. The van der Waals surface area contributed by atoms with Gasteiger partial charge in [-0.1, -0.05) is 93.6 Å². The van der Waals surface area contributed by atoms with Crippen LogP contribution in [0.1, 0.15) is 61.2 Å². The summed E-state index contributed by atoms with van der Waals surface area (Å²) >= 11 is 0. The fourth-order valence-electron chi connectivity index (χ4n) is 7.06. The number of carbonyl (C=O) groups excluding carboxylic acids is 3. The van der Waals surface area contributed by atoms with E-state index in [1.54, 1.807) is 44.6 Å². The number of carbonyl (C=O) groups is 3. The molecule has 0 radical (unpaired) electrons. The van der Waals surface area contributed by atoms with Crippen LogP contribution in [0.4, 0.5) is 4.79 Å². The number of esters is 1. The molecule has 12 nitrogen and oxygen atoms in total. The number of hydrogen-bond acceptors (Lipinski definition) is 10. The molecule has 4 aromatic rings. The Labute approximate surface area is 335 Å². The van der Waals surface area contributed by atoms with Crippen molar-refractivity contribution >= 4 is 26.2 Å². The molecule has 2 N–H and O–H groups in total. The third kappa shape index (κ3) is 8.21. The second kappa shape index (κ2) is 16.4. The van der Waals surface area contributed by atoms with Gasteiger partial charge < -0.3 is 33.2 Å². The van der Waals surface area contributed by atoms with Crippen LogP contribution < -0.4 is 14.8 Å². The third-order valence-electron chi connectivity index (χ3n) is 11.3. The molecule has 2 aliphatic rings. The molecule has 57 heavy (non-hydrogen) atoms.